The van der Waals surface area contributed by atoms with Gasteiger partial charge in [-0.25, -0.2) is 0 Å². The molecule has 0 spiro atoms. The van der Waals surface area contributed by atoms with Crippen molar-refractivity contribution in [1.29, 1.82) is 0 Å². The first kappa shape index (κ1) is 14.2. The van der Waals surface area contributed by atoms with E-state index in [4.69, 9.17) is 23.2 Å². The molecule has 0 atom stereocenters. The molecular formula is C13H12Cl2N2OS. The molecule has 1 amide bonds. The number of halogens is 2. The van der Waals surface area contributed by atoms with Crippen molar-refractivity contribution in [2.75, 3.05) is 11.9 Å². The fourth-order valence-electron chi connectivity index (χ4n) is 1.45. The molecule has 0 aliphatic rings. The number of thiophene rings is 1. The first-order valence-corrected chi connectivity index (χ1v) is 7.27. The second-order valence-corrected chi connectivity index (χ2v) is 5.69. The van der Waals surface area contributed by atoms with Crippen molar-refractivity contribution in [3.8, 4) is 0 Å². The second-order valence-electron chi connectivity index (χ2n) is 3.84. The Hall–Kier alpha value is -1.23. The van der Waals surface area contributed by atoms with Gasteiger partial charge in [-0.2, -0.15) is 0 Å². The summed E-state index contributed by atoms with van der Waals surface area (Å²) in [6.07, 6.45) is 0. The van der Waals surface area contributed by atoms with Gasteiger partial charge in [-0.05, 0) is 29.6 Å². The molecule has 0 saturated carbocycles. The van der Waals surface area contributed by atoms with E-state index >= 15 is 0 Å². The topological polar surface area (TPSA) is 41.1 Å². The third-order valence-electron chi connectivity index (χ3n) is 2.41. The van der Waals surface area contributed by atoms with E-state index in [9.17, 15) is 4.79 Å². The molecule has 1 aromatic carbocycles. The predicted octanol–water partition coefficient (Wildman–Crippen LogP) is 3.78. The van der Waals surface area contributed by atoms with Crippen LogP contribution in [-0.2, 0) is 11.3 Å². The summed E-state index contributed by atoms with van der Waals surface area (Å²) in [5, 5.41) is 8.76. The Morgan fingerprint density at radius 3 is 2.74 bits per heavy atom. The molecule has 100 valence electrons. The highest BCUT2D eigenvalue weighted by molar-refractivity contribution is 7.09. The van der Waals surface area contributed by atoms with Crippen molar-refractivity contribution < 1.29 is 4.79 Å². The van der Waals surface area contributed by atoms with Crippen LogP contribution in [0, 0.1) is 0 Å². The van der Waals surface area contributed by atoms with Crippen LogP contribution >= 0.6 is 34.5 Å². The average Bonchev–Trinajstić information content (AvgIpc) is 2.91. The van der Waals surface area contributed by atoms with Crippen LogP contribution in [0.3, 0.4) is 0 Å². The highest BCUT2D eigenvalue weighted by Gasteiger charge is 2.03. The zero-order valence-electron chi connectivity index (χ0n) is 9.95. The molecule has 2 rings (SSSR count). The quantitative estimate of drug-likeness (QED) is 0.881. The van der Waals surface area contributed by atoms with E-state index in [1.165, 1.54) is 0 Å². The number of rotatable bonds is 5. The summed E-state index contributed by atoms with van der Waals surface area (Å²) in [5.74, 6) is -0.0699. The van der Waals surface area contributed by atoms with Crippen molar-refractivity contribution >= 4 is 46.1 Å². The molecule has 0 fully saturated rings. The summed E-state index contributed by atoms with van der Waals surface area (Å²) in [4.78, 5) is 12.8. The summed E-state index contributed by atoms with van der Waals surface area (Å²) in [6, 6.07) is 9.10. The predicted molar refractivity (Wildman–Crippen MR) is 81.1 cm³/mol. The molecule has 0 bridgehead atoms. The largest absolute Gasteiger partial charge is 0.376 e. The van der Waals surface area contributed by atoms with Crippen LogP contribution in [0.1, 0.15) is 4.88 Å². The monoisotopic (exact) mass is 314 g/mol. The Labute approximate surface area is 125 Å². The van der Waals surface area contributed by atoms with E-state index in [0.717, 1.165) is 10.6 Å². The van der Waals surface area contributed by atoms with Crippen LogP contribution in [0.15, 0.2) is 35.7 Å². The number of anilines is 1. The van der Waals surface area contributed by atoms with E-state index in [1.807, 2.05) is 17.5 Å². The number of benzene rings is 1. The Balaban J connectivity index is 1.78. The van der Waals surface area contributed by atoms with Gasteiger partial charge in [0.25, 0.3) is 0 Å². The van der Waals surface area contributed by atoms with Crippen molar-refractivity contribution in [3.05, 3.63) is 50.6 Å². The lowest BCUT2D eigenvalue weighted by atomic mass is 10.3. The van der Waals surface area contributed by atoms with Gasteiger partial charge in [0.2, 0.25) is 5.91 Å². The maximum Gasteiger partial charge on any atom is 0.239 e. The number of amides is 1. The Kier molecular flexibility index (Phi) is 5.07. The second kappa shape index (κ2) is 6.80. The molecule has 6 heteroatoms. The minimum Gasteiger partial charge on any atom is -0.376 e. The Bertz CT molecular complexity index is 558. The van der Waals surface area contributed by atoms with Gasteiger partial charge in [0.05, 0.1) is 23.1 Å². The molecule has 1 heterocycles. The standard InChI is InChI=1S/C13H12Cl2N2OS/c14-11-4-3-9(6-12(11)15)16-8-13(18)17-7-10-2-1-5-19-10/h1-6,16H,7-8H2,(H,17,18). The van der Waals surface area contributed by atoms with E-state index in [0.29, 0.717) is 16.6 Å². The molecule has 0 unspecified atom stereocenters. The summed E-state index contributed by atoms with van der Waals surface area (Å²) >= 11 is 13.3. The van der Waals surface area contributed by atoms with Gasteiger partial charge in [-0.15, -0.1) is 11.3 Å². The normalized spacial score (nSPS) is 10.2. The maximum atomic E-state index is 11.6. The molecular weight excluding hydrogens is 303 g/mol. The fraction of sp³-hybridized carbons (Fsp3) is 0.154. The van der Waals surface area contributed by atoms with Gasteiger partial charge in [-0.1, -0.05) is 29.3 Å². The van der Waals surface area contributed by atoms with Gasteiger partial charge in [0.15, 0.2) is 0 Å². The van der Waals surface area contributed by atoms with Crippen LogP contribution in [0.4, 0.5) is 5.69 Å². The molecule has 0 radical (unpaired) electrons. The number of nitrogens with one attached hydrogen (secondary N) is 2. The first-order chi connectivity index (χ1) is 9.15. The lowest BCUT2D eigenvalue weighted by Gasteiger charge is -2.08. The van der Waals surface area contributed by atoms with Gasteiger partial charge in [-0.3, -0.25) is 4.79 Å². The van der Waals surface area contributed by atoms with Crippen LogP contribution in [0.5, 0.6) is 0 Å². The number of hydrogen-bond acceptors (Lipinski definition) is 3. The zero-order valence-corrected chi connectivity index (χ0v) is 12.3. The van der Waals surface area contributed by atoms with Crippen molar-refractivity contribution in [1.82, 2.24) is 5.32 Å². The minimum absolute atomic E-state index is 0.0699. The lowest BCUT2D eigenvalue weighted by molar-refractivity contribution is -0.119. The number of carbonyl (C=O) groups is 1. The molecule has 3 nitrogen and oxygen atoms in total. The van der Waals surface area contributed by atoms with Crippen LogP contribution in [0.2, 0.25) is 10.0 Å². The van der Waals surface area contributed by atoms with Gasteiger partial charge in [0.1, 0.15) is 0 Å². The zero-order chi connectivity index (χ0) is 13.7. The maximum absolute atomic E-state index is 11.6. The molecule has 0 aliphatic heterocycles. The molecule has 0 aliphatic carbocycles. The molecule has 0 saturated heterocycles. The van der Waals surface area contributed by atoms with Crippen LogP contribution in [-0.4, -0.2) is 12.5 Å². The van der Waals surface area contributed by atoms with E-state index in [2.05, 4.69) is 10.6 Å². The fourth-order valence-corrected chi connectivity index (χ4v) is 2.39. The molecule has 1 aromatic heterocycles. The summed E-state index contributed by atoms with van der Waals surface area (Å²) in [7, 11) is 0. The first-order valence-electron chi connectivity index (χ1n) is 5.63. The summed E-state index contributed by atoms with van der Waals surface area (Å²) in [6.45, 7) is 0.753. The SMILES string of the molecule is O=C(CNc1ccc(Cl)c(Cl)c1)NCc1cccs1. The minimum atomic E-state index is -0.0699. The van der Waals surface area contributed by atoms with Crippen molar-refractivity contribution in [2.24, 2.45) is 0 Å². The molecule has 2 N–H and O–H groups in total. The number of carbonyl (C=O) groups excluding carboxylic acids is 1. The smallest absolute Gasteiger partial charge is 0.239 e. The number of hydrogen-bond donors (Lipinski definition) is 2. The Morgan fingerprint density at radius 2 is 2.05 bits per heavy atom. The van der Waals surface area contributed by atoms with Crippen molar-refractivity contribution in [2.45, 2.75) is 6.54 Å². The Morgan fingerprint density at radius 1 is 1.21 bits per heavy atom. The summed E-state index contributed by atoms with van der Waals surface area (Å²) in [5.41, 5.74) is 0.765. The van der Waals surface area contributed by atoms with E-state index < -0.39 is 0 Å². The van der Waals surface area contributed by atoms with Gasteiger partial charge in [0, 0.05) is 10.6 Å². The van der Waals surface area contributed by atoms with E-state index in [1.54, 1.807) is 29.5 Å². The molecule has 2 aromatic rings. The van der Waals surface area contributed by atoms with Crippen molar-refractivity contribution in [3.63, 3.8) is 0 Å². The van der Waals surface area contributed by atoms with Gasteiger partial charge < -0.3 is 10.6 Å². The van der Waals surface area contributed by atoms with E-state index in [-0.39, 0.29) is 12.5 Å². The van der Waals surface area contributed by atoms with Crippen LogP contribution < -0.4 is 10.6 Å². The molecule has 19 heavy (non-hydrogen) atoms. The summed E-state index contributed by atoms with van der Waals surface area (Å²) < 4.78 is 0. The third-order valence-corrected chi connectivity index (χ3v) is 4.03. The average molecular weight is 315 g/mol. The van der Waals surface area contributed by atoms with Crippen LogP contribution in [0.25, 0.3) is 0 Å². The van der Waals surface area contributed by atoms with Gasteiger partial charge >= 0.3 is 0 Å². The highest BCUT2D eigenvalue weighted by atomic mass is 35.5. The lowest BCUT2D eigenvalue weighted by Crippen LogP contribution is -2.29. The third kappa shape index (κ3) is 4.42. The highest BCUT2D eigenvalue weighted by Crippen LogP contribution is 2.24.